The highest BCUT2D eigenvalue weighted by molar-refractivity contribution is 9.10. The highest BCUT2D eigenvalue weighted by Gasteiger charge is 2.42. The van der Waals surface area contributed by atoms with Gasteiger partial charge in [-0.25, -0.2) is 0 Å². The molecule has 2 nitrogen and oxygen atoms in total. The van der Waals surface area contributed by atoms with E-state index < -0.39 is 5.41 Å². The van der Waals surface area contributed by atoms with E-state index in [4.69, 9.17) is 0 Å². The van der Waals surface area contributed by atoms with Gasteiger partial charge in [0.1, 0.15) is 0 Å². The average molecular weight is 372 g/mol. The lowest BCUT2D eigenvalue weighted by Crippen LogP contribution is -2.38. The minimum absolute atomic E-state index is 0.131. The summed E-state index contributed by atoms with van der Waals surface area (Å²) in [7, 11) is 0. The summed E-state index contributed by atoms with van der Waals surface area (Å²) >= 11 is 3.48. The number of nitrogens with one attached hydrogen (secondary N) is 1. The molecule has 0 saturated heterocycles. The van der Waals surface area contributed by atoms with Gasteiger partial charge >= 0.3 is 0 Å². The topological polar surface area (TPSA) is 29.1 Å². The molecule has 23 heavy (non-hydrogen) atoms. The molecule has 1 N–H and O–H groups in total. The lowest BCUT2D eigenvalue weighted by molar-refractivity contribution is -0.121. The van der Waals surface area contributed by atoms with Crippen LogP contribution < -0.4 is 5.32 Å². The highest BCUT2D eigenvalue weighted by Crippen LogP contribution is 2.42. The number of carbonyl (C=O) groups is 1. The molecule has 1 aliphatic carbocycles. The first kappa shape index (κ1) is 16.3. The van der Waals surface area contributed by atoms with E-state index in [2.05, 4.69) is 53.3 Å². The Kier molecular flexibility index (Phi) is 4.58. The Bertz CT molecular complexity index is 715. The van der Waals surface area contributed by atoms with Crippen LogP contribution in [0.1, 0.15) is 42.4 Å². The van der Waals surface area contributed by atoms with E-state index in [0.29, 0.717) is 0 Å². The van der Waals surface area contributed by atoms with Crippen molar-refractivity contribution in [3.63, 3.8) is 0 Å². The number of benzene rings is 2. The molecule has 1 aliphatic rings. The molecule has 2 aromatic rings. The van der Waals surface area contributed by atoms with Gasteiger partial charge in [-0.1, -0.05) is 53.0 Å². The van der Waals surface area contributed by atoms with Crippen LogP contribution in [0.4, 0.5) is 5.69 Å². The fourth-order valence-electron chi connectivity index (χ4n) is 3.52. The highest BCUT2D eigenvalue weighted by atomic mass is 79.9. The van der Waals surface area contributed by atoms with Crippen molar-refractivity contribution < 1.29 is 4.79 Å². The van der Waals surface area contributed by atoms with Crippen molar-refractivity contribution in [2.75, 3.05) is 5.32 Å². The Balaban J connectivity index is 1.93. The third-order valence-electron chi connectivity index (χ3n) is 5.14. The first-order valence-electron chi connectivity index (χ1n) is 8.17. The molecule has 120 valence electrons. The predicted octanol–water partition coefficient (Wildman–Crippen LogP) is 5.52. The van der Waals surface area contributed by atoms with Crippen molar-refractivity contribution in [2.24, 2.45) is 0 Å². The lowest BCUT2D eigenvalue weighted by atomic mass is 9.78. The number of rotatable bonds is 3. The molecule has 0 spiro atoms. The minimum atomic E-state index is -0.392. The molecular formula is C20H22BrNO. The normalized spacial score (nSPS) is 16.3. The van der Waals surface area contributed by atoms with Gasteiger partial charge in [-0.05, 0) is 61.6 Å². The number of hydrogen-bond acceptors (Lipinski definition) is 1. The maximum Gasteiger partial charge on any atom is 0.235 e. The summed E-state index contributed by atoms with van der Waals surface area (Å²) in [5.41, 5.74) is 4.01. The van der Waals surface area contributed by atoms with Crippen molar-refractivity contribution >= 4 is 27.5 Å². The van der Waals surface area contributed by atoms with E-state index >= 15 is 0 Å². The van der Waals surface area contributed by atoms with E-state index in [0.717, 1.165) is 47.0 Å². The second kappa shape index (κ2) is 6.48. The maximum atomic E-state index is 13.2. The van der Waals surface area contributed by atoms with Crippen LogP contribution >= 0.6 is 15.9 Å². The van der Waals surface area contributed by atoms with Gasteiger partial charge in [0.2, 0.25) is 5.91 Å². The van der Waals surface area contributed by atoms with Gasteiger partial charge < -0.3 is 5.32 Å². The van der Waals surface area contributed by atoms with Gasteiger partial charge in [0.15, 0.2) is 0 Å². The largest absolute Gasteiger partial charge is 0.325 e. The van der Waals surface area contributed by atoms with Crippen LogP contribution in [0.2, 0.25) is 0 Å². The smallest absolute Gasteiger partial charge is 0.235 e. The van der Waals surface area contributed by atoms with Gasteiger partial charge in [-0.15, -0.1) is 0 Å². The fraction of sp³-hybridized carbons (Fsp3) is 0.350. The Morgan fingerprint density at radius 3 is 2.35 bits per heavy atom. The van der Waals surface area contributed by atoms with Gasteiger partial charge in [0.05, 0.1) is 5.41 Å². The van der Waals surface area contributed by atoms with Crippen LogP contribution in [0.15, 0.2) is 46.9 Å². The number of halogens is 1. The summed E-state index contributed by atoms with van der Waals surface area (Å²) in [6.45, 7) is 4.14. The molecule has 3 heteroatoms. The molecule has 0 atom stereocenters. The molecule has 0 aromatic heterocycles. The van der Waals surface area contributed by atoms with Crippen molar-refractivity contribution in [3.8, 4) is 0 Å². The number of amides is 1. The van der Waals surface area contributed by atoms with Gasteiger partial charge in [0.25, 0.3) is 0 Å². The third kappa shape index (κ3) is 3.07. The number of aryl methyl sites for hydroxylation is 1. The summed E-state index contributed by atoms with van der Waals surface area (Å²) in [6, 6.07) is 14.3. The zero-order valence-electron chi connectivity index (χ0n) is 13.7. The Hall–Kier alpha value is -1.61. The van der Waals surface area contributed by atoms with E-state index in [1.54, 1.807) is 0 Å². The van der Waals surface area contributed by atoms with Crippen LogP contribution in [0.5, 0.6) is 0 Å². The predicted molar refractivity (Wildman–Crippen MR) is 98.8 cm³/mol. The van der Waals surface area contributed by atoms with Gasteiger partial charge in [-0.2, -0.15) is 0 Å². The van der Waals surface area contributed by atoms with Crippen molar-refractivity contribution in [2.45, 2.75) is 44.9 Å². The Morgan fingerprint density at radius 2 is 1.70 bits per heavy atom. The number of hydrogen-bond donors (Lipinski definition) is 1. The molecule has 0 bridgehead atoms. The molecule has 1 fully saturated rings. The van der Waals surface area contributed by atoms with E-state index in [9.17, 15) is 4.79 Å². The molecule has 0 heterocycles. The zero-order valence-corrected chi connectivity index (χ0v) is 15.2. The minimum Gasteiger partial charge on any atom is -0.325 e. The summed E-state index contributed by atoms with van der Waals surface area (Å²) in [5, 5.41) is 3.20. The maximum absolute atomic E-state index is 13.2. The average Bonchev–Trinajstić information content (AvgIpc) is 3.03. The van der Waals surface area contributed by atoms with Gasteiger partial charge in [-0.3, -0.25) is 4.79 Å². The number of carbonyl (C=O) groups excluding carboxylic acids is 1. The molecule has 0 radical (unpaired) electrons. The van der Waals surface area contributed by atoms with Crippen LogP contribution in [0.25, 0.3) is 0 Å². The third-order valence-corrected chi connectivity index (χ3v) is 5.67. The molecule has 1 amide bonds. The molecule has 1 saturated carbocycles. The molecule has 2 aromatic carbocycles. The Morgan fingerprint density at radius 1 is 1.04 bits per heavy atom. The first-order chi connectivity index (χ1) is 11.0. The fourth-order valence-corrected chi connectivity index (χ4v) is 3.79. The van der Waals surface area contributed by atoms with Crippen molar-refractivity contribution in [1.82, 2.24) is 0 Å². The van der Waals surface area contributed by atoms with Crippen molar-refractivity contribution in [3.05, 3.63) is 63.6 Å². The summed E-state index contributed by atoms with van der Waals surface area (Å²) < 4.78 is 1.05. The standard InChI is InChI=1S/C20H22BrNO/c1-14-6-5-7-18(15(14)2)22-19(23)20(12-3-4-13-20)16-8-10-17(21)11-9-16/h5-11H,3-4,12-13H2,1-2H3,(H,22,23). The lowest BCUT2D eigenvalue weighted by Gasteiger charge is -2.29. The quantitative estimate of drug-likeness (QED) is 0.756. The summed E-state index contributed by atoms with van der Waals surface area (Å²) in [6.07, 6.45) is 4.06. The van der Waals surface area contributed by atoms with E-state index in [1.807, 2.05) is 24.3 Å². The van der Waals surface area contributed by atoms with E-state index in [1.165, 1.54) is 5.56 Å². The van der Waals surface area contributed by atoms with Crippen LogP contribution in [0.3, 0.4) is 0 Å². The summed E-state index contributed by atoms with van der Waals surface area (Å²) in [5.74, 6) is 0.131. The molecule has 0 unspecified atom stereocenters. The molecular weight excluding hydrogens is 350 g/mol. The zero-order chi connectivity index (χ0) is 16.4. The number of anilines is 1. The molecule has 0 aliphatic heterocycles. The monoisotopic (exact) mass is 371 g/mol. The van der Waals surface area contributed by atoms with Crippen LogP contribution in [-0.4, -0.2) is 5.91 Å². The first-order valence-corrected chi connectivity index (χ1v) is 8.96. The second-order valence-corrected chi connectivity index (χ2v) is 7.41. The summed E-state index contributed by atoms with van der Waals surface area (Å²) in [4.78, 5) is 13.2. The van der Waals surface area contributed by atoms with Crippen LogP contribution in [-0.2, 0) is 10.2 Å². The van der Waals surface area contributed by atoms with E-state index in [-0.39, 0.29) is 5.91 Å². The van der Waals surface area contributed by atoms with Crippen LogP contribution in [0, 0.1) is 13.8 Å². The Labute approximate surface area is 146 Å². The SMILES string of the molecule is Cc1cccc(NC(=O)C2(c3ccc(Br)cc3)CCCC2)c1C. The molecule has 3 rings (SSSR count). The van der Waals surface area contributed by atoms with Crippen molar-refractivity contribution in [1.29, 1.82) is 0 Å². The second-order valence-electron chi connectivity index (χ2n) is 6.50. The van der Waals surface area contributed by atoms with Gasteiger partial charge in [0, 0.05) is 10.2 Å².